The second-order valence-electron chi connectivity index (χ2n) is 4.30. The zero-order valence-corrected chi connectivity index (χ0v) is 14.6. The van der Waals surface area contributed by atoms with Crippen molar-refractivity contribution < 1.29 is 4.42 Å². The summed E-state index contributed by atoms with van der Waals surface area (Å²) in [6.07, 6.45) is 0. The molecule has 0 fully saturated rings. The lowest BCUT2D eigenvalue weighted by Gasteiger charge is -2.05. The number of halogens is 3. The SMILES string of the molecule is O=c1oc2cc(I)ccc2n1Cc1ccc(Br)cc1Cl. The highest BCUT2D eigenvalue weighted by Gasteiger charge is 2.11. The van der Waals surface area contributed by atoms with Crippen molar-refractivity contribution in [3.8, 4) is 0 Å². The first-order valence-electron chi connectivity index (χ1n) is 5.77. The molecular weight excluding hydrogens is 456 g/mol. The van der Waals surface area contributed by atoms with Crippen LogP contribution in [0.15, 0.2) is 50.1 Å². The monoisotopic (exact) mass is 463 g/mol. The van der Waals surface area contributed by atoms with E-state index in [1.165, 1.54) is 0 Å². The van der Waals surface area contributed by atoms with Crippen molar-refractivity contribution in [1.82, 2.24) is 4.57 Å². The number of oxazole rings is 1. The van der Waals surface area contributed by atoms with Crippen LogP contribution in [0.3, 0.4) is 0 Å². The number of rotatable bonds is 2. The molecule has 0 radical (unpaired) electrons. The smallest absolute Gasteiger partial charge is 0.408 e. The molecule has 0 saturated heterocycles. The minimum Gasteiger partial charge on any atom is -0.408 e. The zero-order valence-electron chi connectivity index (χ0n) is 10.1. The molecule has 6 heteroatoms. The van der Waals surface area contributed by atoms with Crippen molar-refractivity contribution in [2.75, 3.05) is 0 Å². The van der Waals surface area contributed by atoms with Crippen LogP contribution in [0.5, 0.6) is 0 Å². The van der Waals surface area contributed by atoms with E-state index in [1.807, 2.05) is 36.4 Å². The number of aromatic nitrogens is 1. The quantitative estimate of drug-likeness (QED) is 0.517. The molecule has 0 spiro atoms. The first kappa shape index (κ1) is 14.2. The number of nitrogens with zero attached hydrogens (tertiary/aromatic N) is 1. The maximum Gasteiger partial charge on any atom is 0.420 e. The van der Waals surface area contributed by atoms with Crippen molar-refractivity contribution in [3.05, 3.63) is 65.6 Å². The van der Waals surface area contributed by atoms with Gasteiger partial charge in [-0.25, -0.2) is 4.79 Å². The second-order valence-corrected chi connectivity index (χ2v) is 6.87. The molecule has 1 aromatic heterocycles. The number of hydrogen-bond acceptors (Lipinski definition) is 2. The molecule has 1 heterocycles. The lowest BCUT2D eigenvalue weighted by atomic mass is 10.2. The molecule has 0 saturated carbocycles. The predicted molar refractivity (Wildman–Crippen MR) is 91.4 cm³/mol. The van der Waals surface area contributed by atoms with Gasteiger partial charge in [0.25, 0.3) is 0 Å². The molecule has 20 heavy (non-hydrogen) atoms. The molecular formula is C14H8BrClINO2. The van der Waals surface area contributed by atoms with Crippen LogP contribution >= 0.6 is 50.1 Å². The largest absolute Gasteiger partial charge is 0.420 e. The lowest BCUT2D eigenvalue weighted by Crippen LogP contribution is -2.15. The van der Waals surface area contributed by atoms with Crippen LogP contribution in [0.2, 0.25) is 5.02 Å². The van der Waals surface area contributed by atoms with Crippen molar-refractivity contribution >= 4 is 61.2 Å². The number of hydrogen-bond donors (Lipinski definition) is 0. The Labute approximate surface area is 141 Å². The molecule has 0 amide bonds. The van der Waals surface area contributed by atoms with E-state index < -0.39 is 0 Å². The number of fused-ring (bicyclic) bond motifs is 1. The Morgan fingerprint density at radius 1 is 1.25 bits per heavy atom. The fourth-order valence-corrected chi connectivity index (χ4v) is 3.21. The van der Waals surface area contributed by atoms with E-state index in [0.29, 0.717) is 17.2 Å². The van der Waals surface area contributed by atoms with Crippen LogP contribution in [0.25, 0.3) is 11.1 Å². The van der Waals surface area contributed by atoms with E-state index in [4.69, 9.17) is 16.0 Å². The highest BCUT2D eigenvalue weighted by atomic mass is 127. The summed E-state index contributed by atoms with van der Waals surface area (Å²) < 4.78 is 8.78. The van der Waals surface area contributed by atoms with Gasteiger partial charge in [-0.05, 0) is 58.5 Å². The molecule has 0 aliphatic rings. The molecule has 0 N–H and O–H groups in total. The molecule has 0 unspecified atom stereocenters. The van der Waals surface area contributed by atoms with E-state index in [9.17, 15) is 4.79 Å². The molecule has 2 aromatic carbocycles. The van der Waals surface area contributed by atoms with Gasteiger partial charge >= 0.3 is 5.76 Å². The molecule has 0 aliphatic carbocycles. The maximum absolute atomic E-state index is 12.0. The van der Waals surface area contributed by atoms with Gasteiger partial charge < -0.3 is 4.42 Å². The Hall–Kier alpha value is -0.790. The van der Waals surface area contributed by atoms with Gasteiger partial charge in [0, 0.05) is 13.1 Å². The second kappa shape index (κ2) is 5.54. The molecule has 0 atom stereocenters. The van der Waals surface area contributed by atoms with Crippen molar-refractivity contribution in [2.24, 2.45) is 0 Å². The van der Waals surface area contributed by atoms with Crippen molar-refractivity contribution in [2.45, 2.75) is 6.54 Å². The summed E-state index contributed by atoms with van der Waals surface area (Å²) in [6, 6.07) is 11.3. The molecule has 3 nitrogen and oxygen atoms in total. The van der Waals surface area contributed by atoms with Crippen LogP contribution in [0.4, 0.5) is 0 Å². The first-order valence-corrected chi connectivity index (χ1v) is 8.02. The molecule has 0 aliphatic heterocycles. The van der Waals surface area contributed by atoms with Gasteiger partial charge in [0.2, 0.25) is 0 Å². The molecule has 3 rings (SSSR count). The maximum atomic E-state index is 12.0. The van der Waals surface area contributed by atoms with E-state index in [2.05, 4.69) is 38.5 Å². The molecule has 3 aromatic rings. The fraction of sp³-hybridized carbons (Fsp3) is 0.0714. The standard InChI is InChI=1S/C14H8BrClINO2/c15-9-2-1-8(11(16)5-9)7-18-12-4-3-10(17)6-13(12)20-14(18)19/h1-6H,7H2. The third-order valence-corrected chi connectivity index (χ3v) is 4.49. The summed E-state index contributed by atoms with van der Waals surface area (Å²) in [4.78, 5) is 12.0. The Morgan fingerprint density at radius 2 is 2.05 bits per heavy atom. The highest BCUT2D eigenvalue weighted by molar-refractivity contribution is 14.1. The summed E-state index contributed by atoms with van der Waals surface area (Å²) in [5, 5.41) is 0.617. The third-order valence-electron chi connectivity index (χ3n) is 2.97. The van der Waals surface area contributed by atoms with Gasteiger partial charge in [-0.2, -0.15) is 0 Å². The Balaban J connectivity index is 2.11. The molecule has 0 bridgehead atoms. The van der Waals surface area contributed by atoms with E-state index >= 15 is 0 Å². The molecule has 102 valence electrons. The van der Waals surface area contributed by atoms with Gasteiger partial charge in [0.15, 0.2) is 5.58 Å². The normalized spacial score (nSPS) is 11.2. The van der Waals surface area contributed by atoms with Gasteiger partial charge in [0.05, 0.1) is 12.1 Å². The summed E-state index contributed by atoms with van der Waals surface area (Å²) >= 11 is 11.7. The van der Waals surface area contributed by atoms with Crippen molar-refractivity contribution in [1.29, 1.82) is 0 Å². The van der Waals surface area contributed by atoms with Crippen LogP contribution in [-0.2, 0) is 6.54 Å². The van der Waals surface area contributed by atoms with Crippen LogP contribution in [-0.4, -0.2) is 4.57 Å². The van der Waals surface area contributed by atoms with E-state index in [-0.39, 0.29) is 5.76 Å². The van der Waals surface area contributed by atoms with Crippen molar-refractivity contribution in [3.63, 3.8) is 0 Å². The Bertz CT molecular complexity index is 856. The van der Waals surface area contributed by atoms with Gasteiger partial charge in [-0.3, -0.25) is 4.57 Å². The lowest BCUT2D eigenvalue weighted by molar-refractivity contribution is 0.517. The average molecular weight is 464 g/mol. The summed E-state index contributed by atoms with van der Waals surface area (Å²) in [5.74, 6) is -0.374. The van der Waals surface area contributed by atoms with E-state index in [1.54, 1.807) is 4.57 Å². The van der Waals surface area contributed by atoms with Crippen LogP contribution < -0.4 is 5.76 Å². The van der Waals surface area contributed by atoms with Crippen LogP contribution in [0.1, 0.15) is 5.56 Å². The van der Waals surface area contributed by atoms with E-state index in [0.717, 1.165) is 19.1 Å². The Morgan fingerprint density at radius 3 is 2.80 bits per heavy atom. The minimum absolute atomic E-state index is 0.374. The highest BCUT2D eigenvalue weighted by Crippen LogP contribution is 2.23. The van der Waals surface area contributed by atoms with Gasteiger partial charge in [0.1, 0.15) is 0 Å². The van der Waals surface area contributed by atoms with Gasteiger partial charge in [-0.1, -0.05) is 33.6 Å². The first-order chi connectivity index (χ1) is 9.54. The number of benzene rings is 2. The summed E-state index contributed by atoms with van der Waals surface area (Å²) in [5.41, 5.74) is 2.24. The van der Waals surface area contributed by atoms with Gasteiger partial charge in [-0.15, -0.1) is 0 Å². The Kier molecular flexibility index (Phi) is 3.92. The zero-order chi connectivity index (χ0) is 14.3. The third kappa shape index (κ3) is 2.66. The minimum atomic E-state index is -0.374. The summed E-state index contributed by atoms with van der Waals surface area (Å²) in [6.45, 7) is 0.387. The average Bonchev–Trinajstić information content (AvgIpc) is 2.68. The topological polar surface area (TPSA) is 35.1 Å². The summed E-state index contributed by atoms with van der Waals surface area (Å²) in [7, 11) is 0. The predicted octanol–water partition coefficient (Wildman–Crippen LogP) is 4.66. The van der Waals surface area contributed by atoms with Crippen LogP contribution in [0, 0.1) is 3.57 Å². The fourth-order valence-electron chi connectivity index (χ4n) is 2.01.